The number of nitrogens with two attached hydrogens (primary N) is 2. The predicted molar refractivity (Wildman–Crippen MR) is 120 cm³/mol. The fourth-order valence-electron chi connectivity index (χ4n) is 3.13. The normalized spacial score (nSPS) is 11.2. The smallest absolute Gasteiger partial charge is 0.406 e. The van der Waals surface area contributed by atoms with Gasteiger partial charge in [-0.05, 0) is 23.8 Å². The number of halogens is 4. The highest BCUT2D eigenvalue weighted by Gasteiger charge is 2.31. The summed E-state index contributed by atoms with van der Waals surface area (Å²) in [7, 11) is 0. The van der Waals surface area contributed by atoms with Crippen LogP contribution in [0.5, 0.6) is 5.75 Å². The molecule has 0 aliphatic heterocycles. The van der Waals surface area contributed by atoms with Gasteiger partial charge >= 0.3 is 6.36 Å². The SMILES string of the molecule is NC(=O)c1c(C(=O)Nc2cc(NC(=O)Cc3ccc(OC(F)(F)F)cc3)cnc2F)nn(CCO)c1N. The second-order valence-electron chi connectivity index (χ2n) is 7.35. The van der Waals surface area contributed by atoms with Crippen molar-refractivity contribution in [2.75, 3.05) is 23.0 Å². The van der Waals surface area contributed by atoms with E-state index in [1.165, 1.54) is 12.1 Å². The zero-order valence-corrected chi connectivity index (χ0v) is 18.7. The van der Waals surface area contributed by atoms with Gasteiger partial charge in [0.05, 0.1) is 37.1 Å². The first-order valence-electron chi connectivity index (χ1n) is 10.3. The van der Waals surface area contributed by atoms with E-state index in [0.29, 0.717) is 5.56 Å². The minimum atomic E-state index is -4.85. The Balaban J connectivity index is 1.71. The Morgan fingerprint density at radius 3 is 2.41 bits per heavy atom. The maximum atomic E-state index is 14.2. The Labute approximate surface area is 205 Å². The number of pyridine rings is 1. The van der Waals surface area contributed by atoms with E-state index in [1.807, 2.05) is 0 Å². The highest BCUT2D eigenvalue weighted by molar-refractivity contribution is 6.12. The quantitative estimate of drug-likeness (QED) is 0.205. The molecule has 0 saturated carbocycles. The second-order valence-corrected chi connectivity index (χ2v) is 7.35. The summed E-state index contributed by atoms with van der Waals surface area (Å²) in [5, 5.41) is 17.5. The van der Waals surface area contributed by atoms with Crippen LogP contribution >= 0.6 is 0 Å². The summed E-state index contributed by atoms with van der Waals surface area (Å²) in [5.41, 5.74) is 9.89. The van der Waals surface area contributed by atoms with Crippen LogP contribution in [0.3, 0.4) is 0 Å². The minimum Gasteiger partial charge on any atom is -0.406 e. The molecule has 196 valence electrons. The lowest BCUT2D eigenvalue weighted by Gasteiger charge is -2.10. The summed E-state index contributed by atoms with van der Waals surface area (Å²) < 4.78 is 55.7. The highest BCUT2D eigenvalue weighted by Crippen LogP contribution is 2.24. The standard InChI is InChI=1S/C21H19F4N7O5/c22-17-13(30-20(36)16-15(19(27)35)18(26)32(31-16)5-6-33)8-11(9-28-17)29-14(34)7-10-1-3-12(4-2-10)37-21(23,24)25/h1-4,8-9,33H,5-7,26H2,(H2,27,35)(H,29,34)(H,30,36). The third-order valence-electron chi connectivity index (χ3n) is 4.66. The molecule has 3 amide bonds. The summed E-state index contributed by atoms with van der Waals surface area (Å²) in [6, 6.07) is 5.63. The number of hydrogen-bond acceptors (Lipinski definition) is 8. The van der Waals surface area contributed by atoms with Crippen LogP contribution in [-0.4, -0.2) is 50.6 Å². The fourth-order valence-corrected chi connectivity index (χ4v) is 3.13. The van der Waals surface area contributed by atoms with Crippen LogP contribution in [0.15, 0.2) is 36.5 Å². The number of nitrogens with one attached hydrogen (secondary N) is 2. The van der Waals surface area contributed by atoms with Crippen molar-refractivity contribution >= 4 is 34.9 Å². The second kappa shape index (κ2) is 10.9. The monoisotopic (exact) mass is 525 g/mol. The molecular formula is C21H19F4N7O5. The van der Waals surface area contributed by atoms with Crippen molar-refractivity contribution in [2.24, 2.45) is 5.73 Å². The van der Waals surface area contributed by atoms with Gasteiger partial charge < -0.3 is 31.9 Å². The molecule has 0 atom stereocenters. The van der Waals surface area contributed by atoms with Gasteiger partial charge in [-0.1, -0.05) is 12.1 Å². The van der Waals surface area contributed by atoms with E-state index < -0.39 is 59.3 Å². The average Bonchev–Trinajstić information content (AvgIpc) is 3.13. The molecule has 37 heavy (non-hydrogen) atoms. The van der Waals surface area contributed by atoms with E-state index >= 15 is 0 Å². The fraction of sp³-hybridized carbons (Fsp3) is 0.190. The topological polar surface area (TPSA) is 187 Å². The number of nitrogen functional groups attached to an aromatic ring is 1. The van der Waals surface area contributed by atoms with Crippen molar-refractivity contribution in [2.45, 2.75) is 19.3 Å². The van der Waals surface area contributed by atoms with Crippen LogP contribution in [-0.2, 0) is 17.8 Å². The molecule has 0 aliphatic carbocycles. The lowest BCUT2D eigenvalue weighted by atomic mass is 10.1. The van der Waals surface area contributed by atoms with E-state index in [4.69, 9.17) is 16.6 Å². The van der Waals surface area contributed by atoms with E-state index in [2.05, 4.69) is 25.5 Å². The molecule has 0 unspecified atom stereocenters. The first-order chi connectivity index (χ1) is 17.4. The van der Waals surface area contributed by atoms with Crippen LogP contribution in [0.25, 0.3) is 0 Å². The molecular weight excluding hydrogens is 506 g/mol. The number of ether oxygens (including phenoxy) is 1. The maximum Gasteiger partial charge on any atom is 0.573 e. The predicted octanol–water partition coefficient (Wildman–Crippen LogP) is 1.42. The molecule has 0 spiro atoms. The first-order valence-corrected chi connectivity index (χ1v) is 10.3. The van der Waals surface area contributed by atoms with Gasteiger partial charge in [0.2, 0.25) is 11.9 Å². The van der Waals surface area contributed by atoms with Gasteiger partial charge in [0, 0.05) is 0 Å². The lowest BCUT2D eigenvalue weighted by Crippen LogP contribution is -2.21. The number of amides is 3. The number of carbonyl (C=O) groups excluding carboxylic acids is 3. The zero-order valence-electron chi connectivity index (χ0n) is 18.7. The summed E-state index contributed by atoms with van der Waals surface area (Å²) >= 11 is 0. The van der Waals surface area contributed by atoms with Crippen molar-refractivity contribution in [1.29, 1.82) is 0 Å². The van der Waals surface area contributed by atoms with Crippen molar-refractivity contribution in [3.63, 3.8) is 0 Å². The van der Waals surface area contributed by atoms with Crippen molar-refractivity contribution < 1.29 is 41.8 Å². The Hall–Kier alpha value is -4.73. The van der Waals surface area contributed by atoms with Gasteiger partial charge in [-0.2, -0.15) is 9.49 Å². The number of carbonyl (C=O) groups is 3. The van der Waals surface area contributed by atoms with Crippen molar-refractivity contribution in [3.8, 4) is 5.75 Å². The number of benzene rings is 1. The summed E-state index contributed by atoms with van der Waals surface area (Å²) in [6.07, 6.45) is -4.14. The Kier molecular flexibility index (Phi) is 7.91. The highest BCUT2D eigenvalue weighted by atomic mass is 19.4. The van der Waals surface area contributed by atoms with Crippen LogP contribution in [0.1, 0.15) is 26.4 Å². The number of hydrogen-bond donors (Lipinski definition) is 5. The van der Waals surface area contributed by atoms with Gasteiger partial charge in [0.15, 0.2) is 5.69 Å². The molecule has 0 bridgehead atoms. The van der Waals surface area contributed by atoms with Gasteiger partial charge in [-0.3, -0.25) is 14.4 Å². The Morgan fingerprint density at radius 2 is 1.81 bits per heavy atom. The number of alkyl halides is 3. The van der Waals surface area contributed by atoms with Crippen LogP contribution in [0.2, 0.25) is 0 Å². The molecule has 0 aliphatic rings. The minimum absolute atomic E-state index is 0.0285. The number of aromatic nitrogens is 3. The van der Waals surface area contributed by atoms with Crippen LogP contribution in [0.4, 0.5) is 34.8 Å². The Morgan fingerprint density at radius 1 is 1.14 bits per heavy atom. The summed E-state index contributed by atoms with van der Waals surface area (Å²) in [5.74, 6) is -4.63. The van der Waals surface area contributed by atoms with Gasteiger partial charge in [-0.25, -0.2) is 9.67 Å². The molecule has 0 radical (unpaired) electrons. The average molecular weight is 525 g/mol. The molecule has 2 heterocycles. The van der Waals surface area contributed by atoms with Crippen LogP contribution in [0, 0.1) is 5.95 Å². The number of aliphatic hydroxyl groups is 1. The molecule has 1 aromatic carbocycles. The molecule has 16 heteroatoms. The van der Waals surface area contributed by atoms with Crippen molar-refractivity contribution in [3.05, 3.63) is 59.3 Å². The van der Waals surface area contributed by atoms with Gasteiger partial charge in [-0.15, -0.1) is 13.2 Å². The maximum absolute atomic E-state index is 14.2. The molecule has 0 fully saturated rings. The summed E-state index contributed by atoms with van der Waals surface area (Å²) in [4.78, 5) is 40.2. The van der Waals surface area contributed by atoms with E-state index in [1.54, 1.807) is 0 Å². The molecule has 0 saturated heterocycles. The van der Waals surface area contributed by atoms with Crippen molar-refractivity contribution in [1.82, 2.24) is 14.8 Å². The van der Waals surface area contributed by atoms with E-state index in [0.717, 1.165) is 29.1 Å². The third kappa shape index (κ3) is 6.91. The van der Waals surface area contributed by atoms with Crippen LogP contribution < -0.4 is 26.8 Å². The number of anilines is 3. The number of nitrogens with zero attached hydrogens (tertiary/aromatic N) is 3. The largest absolute Gasteiger partial charge is 0.573 e. The molecule has 3 rings (SSSR count). The van der Waals surface area contributed by atoms with Gasteiger partial charge in [0.1, 0.15) is 17.1 Å². The van der Waals surface area contributed by atoms with E-state index in [-0.39, 0.29) is 24.5 Å². The lowest BCUT2D eigenvalue weighted by molar-refractivity contribution is -0.274. The zero-order chi connectivity index (χ0) is 27.3. The third-order valence-corrected chi connectivity index (χ3v) is 4.66. The summed E-state index contributed by atoms with van der Waals surface area (Å²) in [6.45, 7) is -0.550. The Bertz CT molecular complexity index is 1330. The number of rotatable bonds is 9. The number of aliphatic hydroxyl groups excluding tert-OH is 1. The molecule has 7 N–H and O–H groups in total. The molecule has 2 aromatic heterocycles. The molecule has 3 aromatic rings. The van der Waals surface area contributed by atoms with Gasteiger partial charge in [0.25, 0.3) is 11.8 Å². The number of primary amides is 1. The van der Waals surface area contributed by atoms with E-state index in [9.17, 15) is 31.9 Å². The molecule has 12 nitrogen and oxygen atoms in total. The first kappa shape index (κ1) is 26.9.